The van der Waals surface area contributed by atoms with E-state index in [0.29, 0.717) is 29.6 Å². The van der Waals surface area contributed by atoms with Crippen LogP contribution in [0.1, 0.15) is 154 Å². The molecule has 0 radical (unpaired) electrons. The first kappa shape index (κ1) is 80.2. The highest BCUT2D eigenvalue weighted by molar-refractivity contribution is 6.20. The van der Waals surface area contributed by atoms with Crippen molar-refractivity contribution in [3.8, 4) is 0 Å². The van der Waals surface area contributed by atoms with Gasteiger partial charge in [-0.15, -0.1) is 27.9 Å². The molecule has 15 aromatic heterocycles. The maximum absolute atomic E-state index is 4.84. The number of rotatable bonds is 5. The van der Waals surface area contributed by atoms with Crippen LogP contribution in [0.5, 0.6) is 0 Å². The van der Waals surface area contributed by atoms with Crippen molar-refractivity contribution in [2.75, 3.05) is 0 Å². The molecule has 24 rings (SSSR count). The minimum absolute atomic E-state index is 0.441. The van der Waals surface area contributed by atoms with Gasteiger partial charge in [0.2, 0.25) is 16.6 Å². The van der Waals surface area contributed by atoms with Gasteiger partial charge in [-0.2, -0.15) is 0 Å². The standard InChI is InChI=1S/4C23H22N3.C19H20N3/c1-14(2)16-9-6-10-17-18-11-5-8-15(3)22(18)26-23(20(16)17)21-19(25(26)4)12-7-13-24-21;1-14(2)16-9-6-12-19-20(16)23-21-17(11-7-13-24-21)18-10-5-8-15(3)22(18)26(23)25(19)4;1-14(2)16-9-7-10-18-20(16)21-22(15(3)12-13-24-21)26-23(18)17-8-5-6-11-19(17)25(26)4;1-14(2)16-12-11-15(3)22-20(16)21-18(9-7-13-24-21)23-17-8-5-6-10-19(17)25(4)26(22)23;1-12(2)14-6-5-7-15-16-9-11-21(4)22(16)19-13(3)8-10-20-18(19)17(14)15/h4*5-14H,1-4H3;5-12H,1-4H3/q5*+1. The van der Waals surface area contributed by atoms with E-state index in [9.17, 15) is 0 Å². The smallest absolute Gasteiger partial charge is 0.255 e. The molecule has 0 spiro atoms. The second-order valence-electron chi connectivity index (χ2n) is 36.1. The van der Waals surface area contributed by atoms with Gasteiger partial charge in [-0.1, -0.05) is 215 Å². The molecule has 0 aliphatic heterocycles. The summed E-state index contributed by atoms with van der Waals surface area (Å²) in [5, 5.41) is 17.9. The fourth-order valence-electron chi connectivity index (χ4n) is 21.0. The molecule has 0 saturated heterocycles. The Hall–Kier alpha value is -14.2. The van der Waals surface area contributed by atoms with Crippen molar-refractivity contribution in [1.29, 1.82) is 0 Å². The normalized spacial score (nSPS) is 12.2. The van der Waals surface area contributed by atoms with Crippen molar-refractivity contribution in [2.24, 2.45) is 35.2 Å². The molecule has 15 heteroatoms. The highest BCUT2D eigenvalue weighted by Gasteiger charge is 2.34. The average molecular weight is 1650 g/mol. The van der Waals surface area contributed by atoms with Crippen molar-refractivity contribution in [3.05, 3.63) is 317 Å². The lowest BCUT2D eigenvalue weighted by Gasteiger charge is -2.14. The summed E-state index contributed by atoms with van der Waals surface area (Å²) in [6, 6.07) is 80.6. The Morgan fingerprint density at radius 1 is 0.230 bits per heavy atom. The molecular weight excluding hydrogens is 1540 g/mol. The summed E-state index contributed by atoms with van der Waals surface area (Å²) in [5.41, 5.74) is 35.8. The number of para-hydroxylation sites is 4. The average Bonchev–Trinajstić information content (AvgIpc) is 1.55. The van der Waals surface area contributed by atoms with Crippen LogP contribution in [-0.4, -0.2) is 48.2 Å². The van der Waals surface area contributed by atoms with Crippen molar-refractivity contribution in [1.82, 2.24) is 48.2 Å². The number of pyridine rings is 10. The topological polar surface area (TPSA) is 109 Å². The van der Waals surface area contributed by atoms with E-state index in [0.717, 1.165) is 33.1 Å². The monoisotopic (exact) mass is 1650 g/mol. The molecular formula is C111H108N15+5. The molecule has 0 atom stereocenters. The van der Waals surface area contributed by atoms with Crippen molar-refractivity contribution < 1.29 is 22.7 Å². The van der Waals surface area contributed by atoms with Crippen molar-refractivity contribution in [2.45, 2.75) is 133 Å². The third-order valence-corrected chi connectivity index (χ3v) is 26.8. The number of hydrogen-bond acceptors (Lipinski definition) is 5. The predicted molar refractivity (Wildman–Crippen MR) is 521 cm³/mol. The molecule has 0 aliphatic carbocycles. The molecule has 24 aromatic rings. The van der Waals surface area contributed by atoms with E-state index in [1.165, 1.54) is 203 Å². The van der Waals surface area contributed by atoms with Crippen molar-refractivity contribution in [3.63, 3.8) is 0 Å². The molecule has 126 heavy (non-hydrogen) atoms. The SMILES string of the molecule is Cc1ccc(C(C)C)c2c3ncccc3c3c4ccccc4n(C)[n+]3c12.Cc1cccc2c3cccc(C(C)C)c3c3c4ncccc4n(C)[n+]3c12.Cc1cccc2c3cccnc3c3c4c(C(C)C)cccc4n(C)[n+]3c12.Cc1ccnc2c3c(C(C)C)cccc3c3c4ccccc4n(C)[n+]3c12.Cc1ccnc2c3c(C(C)C)cccc3c3cc[n+](C)n3c12. The van der Waals surface area contributed by atoms with Gasteiger partial charge in [0.25, 0.3) is 27.6 Å². The zero-order chi connectivity index (χ0) is 87.4. The van der Waals surface area contributed by atoms with Crippen LogP contribution in [0.15, 0.2) is 262 Å². The number of nitrogens with zero attached hydrogens (tertiary/aromatic N) is 15. The van der Waals surface area contributed by atoms with Crippen LogP contribution >= 0.6 is 0 Å². The Labute approximate surface area is 732 Å². The van der Waals surface area contributed by atoms with Crippen molar-refractivity contribution >= 4 is 180 Å². The van der Waals surface area contributed by atoms with Gasteiger partial charge in [0.15, 0.2) is 18.8 Å². The maximum atomic E-state index is 4.84. The summed E-state index contributed by atoms with van der Waals surface area (Å²) >= 11 is 0. The summed E-state index contributed by atoms with van der Waals surface area (Å²) in [7, 11) is 10.7. The highest BCUT2D eigenvalue weighted by Crippen LogP contribution is 2.42. The Balaban J connectivity index is 0.0000000995. The van der Waals surface area contributed by atoms with Gasteiger partial charge in [-0.25, -0.2) is 15.0 Å². The van der Waals surface area contributed by atoms with Crippen LogP contribution in [0, 0.1) is 34.6 Å². The van der Waals surface area contributed by atoms with Gasteiger partial charge < -0.3 is 0 Å². The maximum Gasteiger partial charge on any atom is 0.272 e. The van der Waals surface area contributed by atoms with E-state index >= 15 is 0 Å². The third-order valence-electron chi connectivity index (χ3n) is 26.8. The molecule has 15 heterocycles. The van der Waals surface area contributed by atoms with Crippen LogP contribution in [0.25, 0.3) is 180 Å². The summed E-state index contributed by atoms with van der Waals surface area (Å²) in [4.78, 5) is 24.0. The number of hydrogen-bond donors (Lipinski definition) is 0. The van der Waals surface area contributed by atoms with Gasteiger partial charge in [0.05, 0.1) is 82.2 Å². The molecule has 622 valence electrons. The molecule has 0 saturated carbocycles. The van der Waals surface area contributed by atoms with E-state index in [4.69, 9.17) is 24.9 Å². The van der Waals surface area contributed by atoms with Crippen LogP contribution in [-0.2, 0) is 35.2 Å². The number of fused-ring (bicyclic) bond motifs is 38. The fourth-order valence-corrected chi connectivity index (χ4v) is 21.0. The Morgan fingerprint density at radius 3 is 1.24 bits per heavy atom. The van der Waals surface area contributed by atoms with Crippen LogP contribution in [0.2, 0.25) is 0 Å². The van der Waals surface area contributed by atoms with Gasteiger partial charge >= 0.3 is 0 Å². The molecule has 0 bridgehead atoms. The van der Waals surface area contributed by atoms with E-state index in [1.807, 2.05) is 49.2 Å². The lowest BCUT2D eigenvalue weighted by molar-refractivity contribution is -0.735. The summed E-state index contributed by atoms with van der Waals surface area (Å²) in [5.74, 6) is 2.26. The lowest BCUT2D eigenvalue weighted by atomic mass is 9.93. The minimum atomic E-state index is 0.441. The van der Waals surface area contributed by atoms with Crippen LogP contribution in [0.4, 0.5) is 0 Å². The van der Waals surface area contributed by atoms with Gasteiger partial charge in [-0.05, 0) is 189 Å². The zero-order valence-corrected chi connectivity index (χ0v) is 75.9. The molecule has 9 aromatic carbocycles. The first-order valence-electron chi connectivity index (χ1n) is 44.5. The molecule has 0 aliphatic rings. The summed E-state index contributed by atoms with van der Waals surface area (Å²) < 4.78 is 22.9. The highest BCUT2D eigenvalue weighted by atomic mass is 15.4. The second kappa shape index (κ2) is 30.9. The quantitative estimate of drug-likeness (QED) is 0.126. The van der Waals surface area contributed by atoms with Gasteiger partial charge in [-0.3, -0.25) is 9.97 Å². The molecule has 15 nitrogen and oxygen atoms in total. The Bertz CT molecular complexity index is 8620. The zero-order valence-electron chi connectivity index (χ0n) is 75.9. The van der Waals surface area contributed by atoms with Crippen LogP contribution in [0.3, 0.4) is 0 Å². The number of aryl methyl sites for hydroxylation is 10. The van der Waals surface area contributed by atoms with E-state index in [1.54, 1.807) is 0 Å². The largest absolute Gasteiger partial charge is 0.272 e. The third kappa shape index (κ3) is 12.2. The lowest BCUT2D eigenvalue weighted by Crippen LogP contribution is -2.34. The first-order chi connectivity index (χ1) is 61.0. The van der Waals surface area contributed by atoms with Gasteiger partial charge in [0, 0.05) is 86.2 Å². The number of aromatic nitrogens is 15. The molecule has 0 N–H and O–H groups in total. The fraction of sp³-hybridized carbons (Fsp3) is 0.225. The second-order valence-corrected chi connectivity index (χ2v) is 36.1. The Morgan fingerprint density at radius 2 is 0.619 bits per heavy atom. The van der Waals surface area contributed by atoms with Gasteiger partial charge in [0.1, 0.15) is 49.7 Å². The summed E-state index contributed by atoms with van der Waals surface area (Å²) in [6.07, 6.45) is 11.7. The van der Waals surface area contributed by atoms with E-state index in [2.05, 4.69) is 398 Å². The van der Waals surface area contributed by atoms with E-state index < -0.39 is 0 Å². The Kier molecular flexibility index (Phi) is 19.7. The van der Waals surface area contributed by atoms with Crippen LogP contribution < -0.4 is 22.7 Å². The molecule has 0 unspecified atom stereocenters. The number of benzene rings is 9. The predicted octanol–water partition coefficient (Wildman–Crippen LogP) is 24.1. The first-order valence-corrected chi connectivity index (χ1v) is 44.5. The molecule has 0 amide bonds. The summed E-state index contributed by atoms with van der Waals surface area (Å²) in [6.45, 7) is 33.5. The van der Waals surface area contributed by atoms with E-state index in [-0.39, 0.29) is 0 Å². The minimum Gasteiger partial charge on any atom is -0.255 e. The molecule has 0 fully saturated rings.